The van der Waals surface area contributed by atoms with Gasteiger partial charge in [-0.2, -0.15) is 0 Å². The van der Waals surface area contributed by atoms with E-state index in [4.69, 9.17) is 4.42 Å². The summed E-state index contributed by atoms with van der Waals surface area (Å²) >= 11 is 0. The summed E-state index contributed by atoms with van der Waals surface area (Å²) in [6.07, 6.45) is 3.68. The quantitative estimate of drug-likeness (QED) is 0.694. The van der Waals surface area contributed by atoms with Gasteiger partial charge in [-0.25, -0.2) is 4.98 Å². The fraction of sp³-hybridized carbons (Fsp3) is 0.474. The topological polar surface area (TPSA) is 70.4 Å². The molecule has 2 aromatic rings. The first-order chi connectivity index (χ1) is 12.3. The third kappa shape index (κ3) is 7.89. The first-order valence-electron chi connectivity index (χ1n) is 9.01. The molecule has 1 amide bonds. The molecule has 1 saturated heterocycles. The van der Waals surface area contributed by atoms with E-state index in [2.05, 4.69) is 20.5 Å². The van der Waals surface area contributed by atoms with E-state index in [9.17, 15) is 4.79 Å². The fourth-order valence-electron chi connectivity index (χ4n) is 2.94. The fourth-order valence-corrected chi connectivity index (χ4v) is 2.94. The number of piperazine rings is 1. The smallest absolute Gasteiger partial charge is 0.220 e. The molecule has 0 bridgehead atoms. The van der Waals surface area contributed by atoms with Crippen molar-refractivity contribution in [3.05, 3.63) is 42.4 Å². The summed E-state index contributed by atoms with van der Waals surface area (Å²) in [6, 6.07) is 9.92. The first kappa shape index (κ1) is 23.4. The minimum absolute atomic E-state index is 0. The summed E-state index contributed by atoms with van der Waals surface area (Å²) < 4.78 is 5.76. The maximum atomic E-state index is 11.9. The van der Waals surface area contributed by atoms with Gasteiger partial charge in [0.1, 0.15) is 0 Å². The summed E-state index contributed by atoms with van der Waals surface area (Å²) in [5.41, 5.74) is 1.02. The van der Waals surface area contributed by atoms with Crippen LogP contribution in [0.5, 0.6) is 0 Å². The number of rotatable bonds is 8. The zero-order valence-electron chi connectivity index (χ0n) is 15.4. The molecule has 8 heteroatoms. The Balaban J connectivity index is 0.00000182. The number of carbonyl (C=O) groups is 1. The number of oxazole rings is 1. The summed E-state index contributed by atoms with van der Waals surface area (Å²) in [4.78, 5) is 18.6. The normalized spacial score (nSPS) is 14.1. The highest BCUT2D eigenvalue weighted by atomic mass is 35.5. The predicted octanol–water partition coefficient (Wildman–Crippen LogP) is 2.53. The number of carbonyl (C=O) groups excluding carboxylic acids is 1. The molecule has 2 N–H and O–H groups in total. The van der Waals surface area contributed by atoms with Gasteiger partial charge in [0.2, 0.25) is 5.91 Å². The number of halogens is 2. The van der Waals surface area contributed by atoms with E-state index < -0.39 is 0 Å². The number of hydrogen-bond donors (Lipinski definition) is 2. The molecule has 0 unspecified atom stereocenters. The molecule has 2 heterocycles. The summed E-state index contributed by atoms with van der Waals surface area (Å²) in [6.45, 7) is 5.83. The lowest BCUT2D eigenvalue weighted by molar-refractivity contribution is -0.121. The largest absolute Gasteiger partial charge is 0.441 e. The molecule has 1 aliphatic heterocycles. The second-order valence-corrected chi connectivity index (χ2v) is 6.28. The van der Waals surface area contributed by atoms with Crippen molar-refractivity contribution in [3.63, 3.8) is 0 Å². The number of nitrogens with zero attached hydrogens (tertiary/aromatic N) is 2. The number of aromatic nitrogens is 1. The van der Waals surface area contributed by atoms with Crippen molar-refractivity contribution in [2.24, 2.45) is 0 Å². The van der Waals surface area contributed by atoms with Crippen molar-refractivity contribution < 1.29 is 9.21 Å². The van der Waals surface area contributed by atoms with Crippen molar-refractivity contribution in [1.82, 2.24) is 20.5 Å². The Labute approximate surface area is 172 Å². The molecule has 0 spiro atoms. The minimum atomic E-state index is 0. The second-order valence-electron chi connectivity index (χ2n) is 6.28. The van der Waals surface area contributed by atoms with Gasteiger partial charge in [0, 0.05) is 57.7 Å². The van der Waals surface area contributed by atoms with Crippen LogP contribution >= 0.6 is 24.8 Å². The minimum Gasteiger partial charge on any atom is -0.441 e. The van der Waals surface area contributed by atoms with Gasteiger partial charge in [-0.15, -0.1) is 24.8 Å². The van der Waals surface area contributed by atoms with Crippen LogP contribution in [0.25, 0.3) is 11.3 Å². The van der Waals surface area contributed by atoms with E-state index in [1.165, 1.54) is 0 Å². The van der Waals surface area contributed by atoms with E-state index in [0.717, 1.165) is 57.0 Å². The van der Waals surface area contributed by atoms with Crippen molar-refractivity contribution in [3.8, 4) is 11.3 Å². The maximum Gasteiger partial charge on any atom is 0.220 e. The summed E-state index contributed by atoms with van der Waals surface area (Å²) in [7, 11) is 0. The third-order valence-electron chi connectivity index (χ3n) is 4.37. The lowest BCUT2D eigenvalue weighted by Gasteiger charge is -2.27. The zero-order chi connectivity index (χ0) is 17.3. The molecule has 1 fully saturated rings. The van der Waals surface area contributed by atoms with Gasteiger partial charge in [-0.3, -0.25) is 9.69 Å². The summed E-state index contributed by atoms with van der Waals surface area (Å²) in [5, 5.41) is 6.32. The molecule has 3 rings (SSSR count). The van der Waals surface area contributed by atoms with Crippen LogP contribution in [0.2, 0.25) is 0 Å². The van der Waals surface area contributed by atoms with E-state index in [0.29, 0.717) is 18.7 Å². The van der Waals surface area contributed by atoms with E-state index in [1.807, 2.05) is 30.3 Å². The highest BCUT2D eigenvalue weighted by Crippen LogP contribution is 2.20. The van der Waals surface area contributed by atoms with Gasteiger partial charge in [-0.05, 0) is 6.42 Å². The Morgan fingerprint density at radius 1 is 1.19 bits per heavy atom. The van der Waals surface area contributed by atoms with Crippen LogP contribution in [0.15, 0.2) is 40.9 Å². The maximum absolute atomic E-state index is 11.9. The van der Waals surface area contributed by atoms with E-state index >= 15 is 0 Å². The van der Waals surface area contributed by atoms with E-state index in [-0.39, 0.29) is 30.7 Å². The van der Waals surface area contributed by atoms with Gasteiger partial charge in [0.15, 0.2) is 11.7 Å². The van der Waals surface area contributed by atoms with Crippen molar-refractivity contribution in [1.29, 1.82) is 0 Å². The highest BCUT2D eigenvalue weighted by Gasteiger charge is 2.10. The van der Waals surface area contributed by atoms with Crippen LogP contribution in [0.1, 0.15) is 18.7 Å². The summed E-state index contributed by atoms with van der Waals surface area (Å²) in [5.74, 6) is 1.56. The van der Waals surface area contributed by atoms with Crippen LogP contribution in [-0.4, -0.2) is 55.1 Å². The van der Waals surface area contributed by atoms with Gasteiger partial charge in [0.05, 0.1) is 6.20 Å². The van der Waals surface area contributed by atoms with Gasteiger partial charge in [0.25, 0.3) is 0 Å². The Morgan fingerprint density at radius 2 is 1.93 bits per heavy atom. The lowest BCUT2D eigenvalue weighted by Crippen LogP contribution is -2.46. The average molecular weight is 415 g/mol. The lowest BCUT2D eigenvalue weighted by atomic mass is 10.2. The van der Waals surface area contributed by atoms with Crippen molar-refractivity contribution in [2.45, 2.75) is 19.3 Å². The molecule has 6 nitrogen and oxygen atoms in total. The Hall–Kier alpha value is -1.60. The van der Waals surface area contributed by atoms with Gasteiger partial charge in [-0.1, -0.05) is 30.3 Å². The predicted molar refractivity (Wildman–Crippen MR) is 112 cm³/mol. The monoisotopic (exact) mass is 414 g/mol. The molecule has 27 heavy (non-hydrogen) atoms. The van der Waals surface area contributed by atoms with Crippen LogP contribution in [-0.2, 0) is 11.2 Å². The number of benzene rings is 1. The second kappa shape index (κ2) is 12.7. The van der Waals surface area contributed by atoms with Crippen molar-refractivity contribution in [2.75, 3.05) is 39.3 Å². The number of nitrogens with one attached hydrogen (secondary N) is 2. The molecule has 150 valence electrons. The average Bonchev–Trinajstić information content (AvgIpc) is 3.12. The zero-order valence-corrected chi connectivity index (χ0v) is 17.0. The molecular weight excluding hydrogens is 387 g/mol. The van der Waals surface area contributed by atoms with Gasteiger partial charge < -0.3 is 15.1 Å². The molecule has 0 saturated carbocycles. The Morgan fingerprint density at radius 3 is 2.67 bits per heavy atom. The molecule has 1 aliphatic rings. The van der Waals surface area contributed by atoms with Crippen LogP contribution in [0.3, 0.4) is 0 Å². The molecule has 0 radical (unpaired) electrons. The number of aryl methyl sites for hydroxylation is 1. The molecule has 1 aromatic heterocycles. The highest BCUT2D eigenvalue weighted by molar-refractivity contribution is 5.85. The van der Waals surface area contributed by atoms with Crippen LogP contribution < -0.4 is 10.6 Å². The standard InChI is InChI=1S/C19H26N4O2.2ClH/c24-18(21-11-14-23-12-9-20-10-13-23)7-4-8-19-22-15-17(25-19)16-5-2-1-3-6-16;;/h1-3,5-6,15,20H,4,7-14H2,(H,21,24);2*1H. The van der Waals surface area contributed by atoms with Crippen LogP contribution in [0, 0.1) is 0 Å². The SMILES string of the molecule is Cl.Cl.O=C(CCCc1ncc(-c2ccccc2)o1)NCCN1CCNCC1. The van der Waals surface area contributed by atoms with Crippen LogP contribution in [0.4, 0.5) is 0 Å². The third-order valence-corrected chi connectivity index (χ3v) is 4.37. The Kier molecular flexibility index (Phi) is 11.0. The molecular formula is C19H28Cl2N4O2. The number of hydrogen-bond acceptors (Lipinski definition) is 5. The molecule has 0 aliphatic carbocycles. The molecule has 0 atom stereocenters. The van der Waals surface area contributed by atoms with Gasteiger partial charge >= 0.3 is 0 Å². The van der Waals surface area contributed by atoms with Crippen molar-refractivity contribution >= 4 is 30.7 Å². The Bertz CT molecular complexity index is 661. The van der Waals surface area contributed by atoms with E-state index in [1.54, 1.807) is 6.20 Å². The number of amides is 1. The first-order valence-corrected chi connectivity index (χ1v) is 9.01. The molecule has 1 aromatic carbocycles.